The third-order valence-electron chi connectivity index (χ3n) is 4.08. The third kappa shape index (κ3) is 5.52. The molecule has 0 spiro atoms. The summed E-state index contributed by atoms with van der Waals surface area (Å²) >= 11 is 0. The number of carbonyl (C=O) groups excluding carboxylic acids is 2. The molecule has 0 aliphatic heterocycles. The van der Waals surface area contributed by atoms with Gasteiger partial charge in [0.05, 0.1) is 18.9 Å². The molecular weight excluding hydrogens is 368 g/mol. The number of benzene rings is 3. The molecule has 0 bridgehead atoms. The van der Waals surface area contributed by atoms with Gasteiger partial charge in [0.2, 0.25) is 0 Å². The number of nitrogens with one attached hydrogen (secondary N) is 1. The number of ether oxygens (including phenoxy) is 2. The maximum absolute atomic E-state index is 12.2. The fraction of sp³-hybridized carbons (Fsp3) is 0.0870. The fourth-order valence-electron chi connectivity index (χ4n) is 2.53. The zero-order valence-electron chi connectivity index (χ0n) is 16.1. The lowest BCUT2D eigenvalue weighted by Crippen LogP contribution is -2.17. The van der Waals surface area contributed by atoms with Gasteiger partial charge in [-0.2, -0.15) is 5.10 Å². The number of nitrogens with zero attached hydrogens (tertiary/aromatic N) is 1. The molecule has 0 aliphatic carbocycles. The molecule has 3 aromatic rings. The molecule has 0 unspecified atom stereocenters. The van der Waals surface area contributed by atoms with Crippen LogP contribution in [0.15, 0.2) is 77.9 Å². The monoisotopic (exact) mass is 388 g/mol. The molecule has 3 rings (SSSR count). The molecule has 0 saturated heterocycles. The van der Waals surface area contributed by atoms with Gasteiger partial charge in [-0.3, -0.25) is 4.79 Å². The lowest BCUT2D eigenvalue weighted by Gasteiger charge is -2.05. The van der Waals surface area contributed by atoms with Crippen molar-refractivity contribution in [3.63, 3.8) is 0 Å². The normalized spacial score (nSPS) is 10.6. The second kappa shape index (κ2) is 9.32. The van der Waals surface area contributed by atoms with Crippen LogP contribution in [0.3, 0.4) is 0 Å². The summed E-state index contributed by atoms with van der Waals surface area (Å²) in [4.78, 5) is 24.2. The maximum Gasteiger partial charge on any atom is 0.343 e. The molecule has 0 aromatic heterocycles. The van der Waals surface area contributed by atoms with E-state index >= 15 is 0 Å². The summed E-state index contributed by atoms with van der Waals surface area (Å²) in [6.07, 6.45) is 1.51. The minimum atomic E-state index is -0.415. The topological polar surface area (TPSA) is 77.0 Å². The van der Waals surface area contributed by atoms with Crippen molar-refractivity contribution in [2.75, 3.05) is 7.11 Å². The molecular formula is C23H20N2O4. The van der Waals surface area contributed by atoms with E-state index in [0.717, 1.165) is 11.1 Å². The van der Waals surface area contributed by atoms with E-state index in [1.54, 1.807) is 67.8 Å². The summed E-state index contributed by atoms with van der Waals surface area (Å²) in [5.74, 6) is 0.360. The van der Waals surface area contributed by atoms with Crippen LogP contribution in [-0.2, 0) is 0 Å². The van der Waals surface area contributed by atoms with Crippen LogP contribution in [0.4, 0.5) is 0 Å². The molecule has 6 nitrogen and oxygen atoms in total. The zero-order chi connectivity index (χ0) is 20.6. The Labute approximate surface area is 168 Å². The van der Waals surface area contributed by atoms with Gasteiger partial charge in [-0.25, -0.2) is 10.2 Å². The molecule has 1 N–H and O–H groups in total. The van der Waals surface area contributed by atoms with Crippen LogP contribution >= 0.6 is 0 Å². The number of carbonyl (C=O) groups is 2. The van der Waals surface area contributed by atoms with Crippen molar-refractivity contribution < 1.29 is 19.1 Å². The number of methoxy groups -OCH3 is 1. The molecule has 146 valence electrons. The van der Waals surface area contributed by atoms with Gasteiger partial charge >= 0.3 is 5.97 Å². The van der Waals surface area contributed by atoms with Crippen molar-refractivity contribution in [3.05, 3.63) is 95.1 Å². The first-order valence-corrected chi connectivity index (χ1v) is 8.91. The Hall–Kier alpha value is -3.93. The molecule has 6 heteroatoms. The Morgan fingerprint density at radius 2 is 1.59 bits per heavy atom. The highest BCUT2D eigenvalue weighted by Crippen LogP contribution is 2.14. The van der Waals surface area contributed by atoms with Crippen molar-refractivity contribution >= 4 is 18.1 Å². The average molecular weight is 388 g/mol. The molecule has 1 amide bonds. The summed E-state index contributed by atoms with van der Waals surface area (Å²) in [6.45, 7) is 1.92. The lowest BCUT2D eigenvalue weighted by atomic mass is 10.1. The number of rotatable bonds is 6. The summed E-state index contributed by atoms with van der Waals surface area (Å²) in [6, 6.07) is 20.7. The zero-order valence-corrected chi connectivity index (χ0v) is 16.1. The van der Waals surface area contributed by atoms with E-state index in [1.165, 1.54) is 6.21 Å². The van der Waals surface area contributed by atoms with Crippen molar-refractivity contribution in [1.29, 1.82) is 0 Å². The van der Waals surface area contributed by atoms with Crippen molar-refractivity contribution in [2.45, 2.75) is 6.92 Å². The Morgan fingerprint density at radius 1 is 0.897 bits per heavy atom. The Balaban J connectivity index is 1.55. The van der Waals surface area contributed by atoms with Gasteiger partial charge in [0.15, 0.2) is 0 Å². The van der Waals surface area contributed by atoms with Crippen LogP contribution in [-0.4, -0.2) is 25.2 Å². The highest BCUT2D eigenvalue weighted by atomic mass is 16.5. The highest BCUT2D eigenvalue weighted by molar-refractivity contribution is 5.95. The first-order chi connectivity index (χ1) is 14.0. The van der Waals surface area contributed by atoms with Crippen LogP contribution in [0.1, 0.15) is 31.8 Å². The van der Waals surface area contributed by atoms with Crippen LogP contribution < -0.4 is 14.9 Å². The molecule has 3 aromatic carbocycles. The molecule has 0 fully saturated rings. The van der Waals surface area contributed by atoms with Gasteiger partial charge in [-0.15, -0.1) is 0 Å². The van der Waals surface area contributed by atoms with E-state index in [0.29, 0.717) is 22.6 Å². The van der Waals surface area contributed by atoms with Crippen molar-refractivity contribution in [2.24, 2.45) is 5.10 Å². The van der Waals surface area contributed by atoms with Gasteiger partial charge in [0, 0.05) is 5.56 Å². The summed E-state index contributed by atoms with van der Waals surface area (Å²) in [5.41, 5.74) is 5.17. The maximum atomic E-state index is 12.2. The van der Waals surface area contributed by atoms with Crippen LogP contribution in [0.5, 0.6) is 11.5 Å². The van der Waals surface area contributed by atoms with Crippen molar-refractivity contribution in [1.82, 2.24) is 5.43 Å². The van der Waals surface area contributed by atoms with Gasteiger partial charge < -0.3 is 9.47 Å². The van der Waals surface area contributed by atoms with E-state index < -0.39 is 5.97 Å². The molecule has 29 heavy (non-hydrogen) atoms. The molecule has 0 aliphatic rings. The van der Waals surface area contributed by atoms with Gasteiger partial charge in [-0.05, 0) is 73.2 Å². The molecule has 0 saturated carbocycles. The van der Waals surface area contributed by atoms with Crippen LogP contribution in [0, 0.1) is 6.92 Å². The quantitative estimate of drug-likeness (QED) is 0.300. The lowest BCUT2D eigenvalue weighted by molar-refractivity contribution is 0.0734. The SMILES string of the molecule is COc1ccc(C(=O)NN=Cc2ccc(OC(=O)c3cccc(C)c3)cc2)cc1. The van der Waals surface area contributed by atoms with E-state index in [1.807, 2.05) is 19.1 Å². The van der Waals surface area contributed by atoms with Crippen LogP contribution in [0.25, 0.3) is 0 Å². The number of hydrogen-bond donors (Lipinski definition) is 1. The fourth-order valence-corrected chi connectivity index (χ4v) is 2.53. The molecule has 0 atom stereocenters. The Kier molecular flexibility index (Phi) is 6.37. The number of hydrazone groups is 1. The predicted octanol–water partition coefficient (Wildman–Crippen LogP) is 3.99. The van der Waals surface area contributed by atoms with E-state index in [9.17, 15) is 9.59 Å². The minimum absolute atomic E-state index is 0.326. The second-order valence-corrected chi connectivity index (χ2v) is 6.26. The first kappa shape index (κ1) is 19.8. The second-order valence-electron chi connectivity index (χ2n) is 6.26. The van der Waals surface area contributed by atoms with Gasteiger partial charge in [-0.1, -0.05) is 17.7 Å². The van der Waals surface area contributed by atoms with Crippen LogP contribution in [0.2, 0.25) is 0 Å². The number of amides is 1. The highest BCUT2D eigenvalue weighted by Gasteiger charge is 2.08. The molecule has 0 heterocycles. The first-order valence-electron chi connectivity index (χ1n) is 8.91. The Morgan fingerprint density at radius 3 is 2.24 bits per heavy atom. The largest absolute Gasteiger partial charge is 0.497 e. The summed E-state index contributed by atoms with van der Waals surface area (Å²) in [7, 11) is 1.56. The number of hydrogen-bond acceptors (Lipinski definition) is 5. The smallest absolute Gasteiger partial charge is 0.343 e. The predicted molar refractivity (Wildman–Crippen MR) is 111 cm³/mol. The number of aryl methyl sites for hydroxylation is 1. The van der Waals surface area contributed by atoms with Crippen molar-refractivity contribution in [3.8, 4) is 11.5 Å². The van der Waals surface area contributed by atoms with Gasteiger partial charge in [0.1, 0.15) is 11.5 Å². The van der Waals surface area contributed by atoms with E-state index in [2.05, 4.69) is 10.5 Å². The average Bonchev–Trinajstić information content (AvgIpc) is 2.75. The Bertz CT molecular complexity index is 1030. The minimum Gasteiger partial charge on any atom is -0.497 e. The van der Waals surface area contributed by atoms with E-state index in [4.69, 9.17) is 9.47 Å². The summed E-state index contributed by atoms with van der Waals surface area (Å²) in [5, 5.41) is 3.94. The standard InChI is InChI=1S/C23H20N2O4/c1-16-4-3-5-19(14-16)23(27)29-21-10-6-17(7-11-21)15-24-25-22(26)18-8-12-20(28-2)13-9-18/h3-15H,1-2H3,(H,25,26). The third-order valence-corrected chi connectivity index (χ3v) is 4.08. The number of esters is 1. The van der Waals surface area contributed by atoms with Gasteiger partial charge in [0.25, 0.3) is 5.91 Å². The molecule has 0 radical (unpaired) electrons. The summed E-state index contributed by atoms with van der Waals surface area (Å²) < 4.78 is 10.4. The van der Waals surface area contributed by atoms with E-state index in [-0.39, 0.29) is 5.91 Å².